The maximum absolute atomic E-state index is 15.7. The number of primary amides is 1. The fourth-order valence-corrected chi connectivity index (χ4v) is 4.86. The van der Waals surface area contributed by atoms with Crippen molar-refractivity contribution in [2.75, 3.05) is 49.6 Å². The molecule has 1 aromatic heterocycles. The molecule has 0 bridgehead atoms. The molecule has 4 atom stereocenters. The molecule has 41 heavy (non-hydrogen) atoms. The van der Waals surface area contributed by atoms with Crippen LogP contribution in [-0.4, -0.2) is 77.4 Å². The van der Waals surface area contributed by atoms with Gasteiger partial charge in [0.1, 0.15) is 6.33 Å². The molecule has 2 saturated heterocycles. The van der Waals surface area contributed by atoms with Gasteiger partial charge in [0.05, 0.1) is 43.5 Å². The zero-order chi connectivity index (χ0) is 26.7. The number of aliphatic hydroxyl groups excluding tert-OH is 1. The minimum absolute atomic E-state index is 0. The minimum atomic E-state index is -4.46. The number of hydrogen-bond acceptors (Lipinski definition) is 8. The molecular formula is C28H46F4N6O3. The highest BCUT2D eigenvalue weighted by molar-refractivity contribution is 5.75. The third kappa shape index (κ3) is 8.98. The number of hydrogen-bond donors (Lipinski definition) is 3. The molecule has 2 aliphatic heterocycles. The van der Waals surface area contributed by atoms with Crippen LogP contribution in [0.25, 0.3) is 0 Å². The molecule has 0 aliphatic carbocycles. The second kappa shape index (κ2) is 15.8. The van der Waals surface area contributed by atoms with Gasteiger partial charge >= 0.3 is 6.18 Å². The topological polar surface area (TPSA) is 117 Å². The lowest BCUT2D eigenvalue weighted by Gasteiger charge is -2.41. The van der Waals surface area contributed by atoms with Gasteiger partial charge in [-0.25, -0.2) is 9.97 Å². The van der Waals surface area contributed by atoms with E-state index in [-0.39, 0.29) is 79.5 Å². The van der Waals surface area contributed by atoms with Crippen molar-refractivity contribution >= 4 is 17.5 Å². The summed E-state index contributed by atoms with van der Waals surface area (Å²) in [6.45, 7) is 3.44. The summed E-state index contributed by atoms with van der Waals surface area (Å²) in [7, 11) is 0. The zero-order valence-electron chi connectivity index (χ0n) is 20.3. The number of anilines is 2. The van der Waals surface area contributed by atoms with Gasteiger partial charge in [0.25, 0.3) is 0 Å². The summed E-state index contributed by atoms with van der Waals surface area (Å²) < 4.78 is 60.3. The molecule has 3 heterocycles. The van der Waals surface area contributed by atoms with Gasteiger partial charge in [0.2, 0.25) is 11.7 Å². The van der Waals surface area contributed by atoms with Crippen LogP contribution in [0.1, 0.15) is 60.2 Å². The van der Waals surface area contributed by atoms with E-state index in [1.54, 1.807) is 9.80 Å². The quantitative estimate of drug-likeness (QED) is 0.397. The molecule has 1 aromatic carbocycles. The van der Waals surface area contributed by atoms with Crippen LogP contribution in [0.2, 0.25) is 0 Å². The summed E-state index contributed by atoms with van der Waals surface area (Å²) >= 11 is 0. The molecule has 2 aliphatic rings. The number of halogens is 4. The first-order valence-electron chi connectivity index (χ1n) is 12.0. The van der Waals surface area contributed by atoms with Crippen molar-refractivity contribution < 1.29 is 32.2 Å². The van der Waals surface area contributed by atoms with Crippen molar-refractivity contribution in [3.63, 3.8) is 0 Å². The second-order valence-corrected chi connectivity index (χ2v) is 9.49. The number of amides is 1. The number of nitrogens with one attached hydrogen (secondary N) is 1. The number of aliphatic hydroxyl groups is 1. The van der Waals surface area contributed by atoms with Gasteiger partial charge in [0.15, 0.2) is 11.6 Å². The summed E-state index contributed by atoms with van der Waals surface area (Å²) in [5.41, 5.74) is 4.99. The number of morpholine rings is 1. The number of alkyl halides is 3. The average molecular weight is 591 g/mol. The van der Waals surface area contributed by atoms with Crippen molar-refractivity contribution in [1.29, 1.82) is 0 Å². The highest BCUT2D eigenvalue weighted by atomic mass is 19.4. The van der Waals surface area contributed by atoms with Crippen LogP contribution in [0, 0.1) is 11.7 Å². The Hall–Kier alpha value is -3.03. The number of carbonyl (C=O) groups excluding carboxylic acids is 1. The number of nitrogens with two attached hydrogens (primary N) is 1. The van der Waals surface area contributed by atoms with E-state index in [0.717, 1.165) is 12.1 Å². The van der Waals surface area contributed by atoms with Crippen LogP contribution in [0.4, 0.5) is 29.2 Å². The Morgan fingerprint density at radius 3 is 2.39 bits per heavy atom. The van der Waals surface area contributed by atoms with E-state index in [1.807, 2.05) is 6.92 Å². The van der Waals surface area contributed by atoms with Crippen molar-refractivity contribution in [1.82, 2.24) is 14.9 Å². The Balaban J connectivity index is 0.00000400. The van der Waals surface area contributed by atoms with Crippen molar-refractivity contribution in [2.24, 2.45) is 11.7 Å². The van der Waals surface area contributed by atoms with Gasteiger partial charge in [-0.3, -0.25) is 9.69 Å². The molecule has 2 aromatic rings. The van der Waals surface area contributed by atoms with Crippen LogP contribution in [0.3, 0.4) is 0 Å². The maximum Gasteiger partial charge on any atom is 0.416 e. The van der Waals surface area contributed by atoms with Crippen molar-refractivity contribution in [3.05, 3.63) is 47.5 Å². The van der Waals surface area contributed by atoms with E-state index in [4.69, 9.17) is 10.5 Å². The average Bonchev–Trinajstić information content (AvgIpc) is 2.84. The number of β-amino-alcohol motifs (C(OH)–C–C–N with tert-alkyl or cyclic N) is 1. The Morgan fingerprint density at radius 1 is 1.15 bits per heavy atom. The monoisotopic (exact) mass is 590 g/mol. The lowest BCUT2D eigenvalue weighted by molar-refractivity contribution is -0.137. The first-order valence-corrected chi connectivity index (χ1v) is 12.0. The number of aromatic nitrogens is 2. The fraction of sp³-hybridized carbons (Fsp3) is 0.607. The van der Waals surface area contributed by atoms with Gasteiger partial charge in [-0.15, -0.1) is 0 Å². The van der Waals surface area contributed by atoms with E-state index in [1.165, 1.54) is 18.5 Å². The summed E-state index contributed by atoms with van der Waals surface area (Å²) in [5.74, 6) is -1.39. The summed E-state index contributed by atoms with van der Waals surface area (Å²) in [6.07, 6.45) is -3.39. The largest absolute Gasteiger partial charge is 0.416 e. The number of piperidine rings is 1. The summed E-state index contributed by atoms with van der Waals surface area (Å²) in [4.78, 5) is 22.8. The first-order chi connectivity index (χ1) is 17.5. The third-order valence-corrected chi connectivity index (χ3v) is 6.80. The highest BCUT2D eigenvalue weighted by Crippen LogP contribution is 2.36. The van der Waals surface area contributed by atoms with Gasteiger partial charge in [-0.1, -0.05) is 41.8 Å². The van der Waals surface area contributed by atoms with E-state index in [0.29, 0.717) is 25.1 Å². The van der Waals surface area contributed by atoms with E-state index in [9.17, 15) is 23.1 Å². The smallest absolute Gasteiger partial charge is 0.391 e. The van der Waals surface area contributed by atoms with Crippen LogP contribution in [0.5, 0.6) is 0 Å². The molecule has 1 amide bonds. The van der Waals surface area contributed by atoms with Gasteiger partial charge in [0, 0.05) is 19.0 Å². The molecule has 0 unspecified atom stereocenters. The molecule has 0 spiro atoms. The van der Waals surface area contributed by atoms with E-state index >= 15 is 4.39 Å². The minimum Gasteiger partial charge on any atom is -0.391 e. The lowest BCUT2D eigenvalue weighted by atomic mass is 9.93. The SMILES string of the molecule is C.C.C.C.C[C@@H]1COC[C@H](c2ccc(C(F)(F)F)cc2)N1c1ncnc(NC[C@@H]2CCN(CC(N)=O)C[C@H]2O)c1F. The van der Waals surface area contributed by atoms with Crippen LogP contribution in [-0.2, 0) is 15.7 Å². The predicted molar refractivity (Wildman–Crippen MR) is 154 cm³/mol. The molecule has 9 nitrogen and oxygen atoms in total. The molecule has 0 radical (unpaired) electrons. The van der Waals surface area contributed by atoms with E-state index < -0.39 is 35.6 Å². The Morgan fingerprint density at radius 2 is 1.80 bits per heavy atom. The zero-order valence-corrected chi connectivity index (χ0v) is 20.3. The first kappa shape index (κ1) is 38.0. The third-order valence-electron chi connectivity index (χ3n) is 6.80. The van der Waals surface area contributed by atoms with Crippen LogP contribution >= 0.6 is 0 Å². The second-order valence-electron chi connectivity index (χ2n) is 9.49. The normalized spacial score (nSPS) is 22.7. The van der Waals surface area contributed by atoms with Crippen LogP contribution < -0.4 is 16.0 Å². The number of benzene rings is 1. The number of rotatable bonds is 7. The van der Waals surface area contributed by atoms with Gasteiger partial charge in [-0.05, 0) is 37.6 Å². The molecule has 234 valence electrons. The number of nitrogens with zero attached hydrogens (tertiary/aromatic N) is 4. The molecule has 4 N–H and O–H groups in total. The van der Waals surface area contributed by atoms with Gasteiger partial charge in [-0.2, -0.15) is 17.6 Å². The molecule has 2 fully saturated rings. The molecular weight excluding hydrogens is 544 g/mol. The fourth-order valence-electron chi connectivity index (χ4n) is 4.86. The lowest BCUT2D eigenvalue weighted by Crippen LogP contribution is -2.48. The Kier molecular flexibility index (Phi) is 14.7. The summed E-state index contributed by atoms with van der Waals surface area (Å²) in [6, 6.07) is 3.86. The number of ether oxygens (including phenoxy) is 1. The van der Waals surface area contributed by atoms with E-state index in [2.05, 4.69) is 15.3 Å². The van der Waals surface area contributed by atoms with Crippen LogP contribution in [0.15, 0.2) is 30.6 Å². The Labute approximate surface area is 241 Å². The molecule has 13 heteroatoms. The van der Waals surface area contributed by atoms with Crippen molar-refractivity contribution in [3.8, 4) is 0 Å². The standard InChI is InChI=1S/C24H30F4N6O3.4CH4/c1-14-11-37-12-18(15-2-4-17(5-3-15)24(26,27)28)34(14)23-21(25)22(31-13-32-23)30-8-16-6-7-33(9-19(16)35)10-20(29)36;;;;/h2-5,13-14,16,18-19,35H,6-12H2,1H3,(H2,29,36)(H,30,31,32);4*1H4/t14-,16+,18-,19-;;;;/m1..../s1. The highest BCUT2D eigenvalue weighted by Gasteiger charge is 2.35. The number of likely N-dealkylation sites (tertiary alicyclic amines) is 1. The number of carbonyl (C=O) groups is 1. The Bertz CT molecular complexity index is 1090. The molecule has 0 saturated carbocycles. The van der Waals surface area contributed by atoms with Gasteiger partial charge < -0.3 is 25.8 Å². The molecule has 4 rings (SSSR count). The van der Waals surface area contributed by atoms with Crippen molar-refractivity contribution in [2.45, 2.75) is 67.4 Å². The maximum atomic E-state index is 15.7. The summed E-state index contributed by atoms with van der Waals surface area (Å²) in [5, 5.41) is 13.4. The predicted octanol–water partition coefficient (Wildman–Crippen LogP) is 4.73.